The van der Waals surface area contributed by atoms with Crippen molar-refractivity contribution in [3.8, 4) is 11.4 Å². The molecule has 1 saturated carbocycles. The number of thioether (sulfide) groups is 1. The van der Waals surface area contributed by atoms with Gasteiger partial charge in [-0.3, -0.25) is 0 Å². The van der Waals surface area contributed by atoms with E-state index in [9.17, 15) is 0 Å². The summed E-state index contributed by atoms with van der Waals surface area (Å²) in [4.78, 5) is 10.5. The first-order valence-electron chi connectivity index (χ1n) is 6.38. The zero-order chi connectivity index (χ0) is 13.2. The van der Waals surface area contributed by atoms with Gasteiger partial charge in [0.1, 0.15) is 0 Å². The molecular weight excluding hydrogens is 320 g/mol. The molecular formula is C15H15BrN2S. The standard InChI is InChI=1S/C15H15BrN2S/c1-19-13-6-4-11(5-7-13)15-17-9-12(8-16)14(18-15)10-2-3-10/h4-7,9-10H,2-3,8H2,1H3. The quantitative estimate of drug-likeness (QED) is 0.601. The summed E-state index contributed by atoms with van der Waals surface area (Å²) < 4.78 is 0. The van der Waals surface area contributed by atoms with E-state index in [4.69, 9.17) is 4.98 Å². The van der Waals surface area contributed by atoms with Gasteiger partial charge in [0, 0.05) is 33.5 Å². The first kappa shape index (κ1) is 13.1. The molecule has 0 N–H and O–H groups in total. The molecule has 98 valence electrons. The van der Waals surface area contributed by atoms with Crippen LogP contribution >= 0.6 is 27.7 Å². The fourth-order valence-corrected chi connectivity index (χ4v) is 2.95. The zero-order valence-corrected chi connectivity index (χ0v) is 13.2. The van der Waals surface area contributed by atoms with Crippen LogP contribution in [0.2, 0.25) is 0 Å². The fourth-order valence-electron chi connectivity index (χ4n) is 2.11. The SMILES string of the molecule is CSc1ccc(-c2ncc(CBr)c(C3CC3)n2)cc1. The Hall–Kier alpha value is -0.870. The average Bonchev–Trinajstić information content (AvgIpc) is 3.31. The Morgan fingerprint density at radius 2 is 2.00 bits per heavy atom. The maximum atomic E-state index is 4.78. The lowest BCUT2D eigenvalue weighted by molar-refractivity contribution is 0.962. The first-order valence-corrected chi connectivity index (χ1v) is 8.72. The largest absolute Gasteiger partial charge is 0.236 e. The van der Waals surface area contributed by atoms with Gasteiger partial charge in [0.2, 0.25) is 0 Å². The van der Waals surface area contributed by atoms with Gasteiger partial charge < -0.3 is 0 Å². The molecule has 1 aromatic heterocycles. The van der Waals surface area contributed by atoms with E-state index < -0.39 is 0 Å². The third-order valence-electron chi connectivity index (χ3n) is 3.35. The molecule has 0 amide bonds. The van der Waals surface area contributed by atoms with Gasteiger partial charge in [-0.05, 0) is 31.2 Å². The van der Waals surface area contributed by atoms with E-state index in [-0.39, 0.29) is 0 Å². The third-order valence-corrected chi connectivity index (χ3v) is 4.70. The summed E-state index contributed by atoms with van der Waals surface area (Å²) in [5, 5.41) is 0.838. The van der Waals surface area contributed by atoms with Crippen molar-refractivity contribution in [1.82, 2.24) is 9.97 Å². The summed E-state index contributed by atoms with van der Waals surface area (Å²) in [6, 6.07) is 8.45. The van der Waals surface area contributed by atoms with Gasteiger partial charge >= 0.3 is 0 Å². The Balaban J connectivity index is 1.97. The molecule has 3 rings (SSSR count). The van der Waals surface area contributed by atoms with Gasteiger partial charge in [-0.2, -0.15) is 0 Å². The zero-order valence-electron chi connectivity index (χ0n) is 10.8. The smallest absolute Gasteiger partial charge is 0.159 e. The van der Waals surface area contributed by atoms with Crippen molar-refractivity contribution in [2.75, 3.05) is 6.26 Å². The highest BCUT2D eigenvalue weighted by molar-refractivity contribution is 9.08. The molecule has 0 unspecified atom stereocenters. The van der Waals surface area contributed by atoms with Crippen LogP contribution in [0.15, 0.2) is 35.4 Å². The number of nitrogens with zero attached hydrogens (tertiary/aromatic N) is 2. The molecule has 1 aliphatic rings. The van der Waals surface area contributed by atoms with Gasteiger partial charge in [-0.1, -0.05) is 28.1 Å². The van der Waals surface area contributed by atoms with E-state index in [1.807, 2.05) is 6.20 Å². The van der Waals surface area contributed by atoms with Crippen LogP contribution in [0, 0.1) is 0 Å². The van der Waals surface area contributed by atoms with Gasteiger partial charge in [-0.15, -0.1) is 11.8 Å². The van der Waals surface area contributed by atoms with Gasteiger partial charge in [0.05, 0.1) is 5.69 Å². The van der Waals surface area contributed by atoms with E-state index >= 15 is 0 Å². The summed E-state index contributed by atoms with van der Waals surface area (Å²) in [6.45, 7) is 0. The predicted octanol–water partition coefficient (Wildman–Crippen LogP) is 4.64. The topological polar surface area (TPSA) is 25.8 Å². The van der Waals surface area contributed by atoms with E-state index in [2.05, 4.69) is 51.4 Å². The highest BCUT2D eigenvalue weighted by Gasteiger charge is 2.28. The molecule has 0 saturated heterocycles. The number of halogens is 1. The molecule has 1 aliphatic carbocycles. The second-order valence-corrected chi connectivity index (χ2v) is 6.18. The van der Waals surface area contributed by atoms with Crippen LogP contribution in [-0.2, 0) is 5.33 Å². The van der Waals surface area contributed by atoms with Crippen molar-refractivity contribution in [2.45, 2.75) is 29.0 Å². The Morgan fingerprint density at radius 1 is 1.26 bits per heavy atom. The van der Waals surface area contributed by atoms with Gasteiger partial charge in [-0.25, -0.2) is 9.97 Å². The highest BCUT2D eigenvalue weighted by atomic mass is 79.9. The molecule has 4 heteroatoms. The fraction of sp³-hybridized carbons (Fsp3) is 0.333. The molecule has 2 aromatic rings. The van der Waals surface area contributed by atoms with Crippen LogP contribution in [0.1, 0.15) is 30.0 Å². The van der Waals surface area contributed by atoms with E-state index in [1.165, 1.54) is 29.0 Å². The number of alkyl halides is 1. The second kappa shape index (κ2) is 5.63. The number of benzene rings is 1. The molecule has 0 aliphatic heterocycles. The van der Waals surface area contributed by atoms with Gasteiger partial charge in [0.15, 0.2) is 5.82 Å². The second-order valence-electron chi connectivity index (χ2n) is 4.74. The molecule has 0 atom stereocenters. The van der Waals surface area contributed by atoms with Crippen molar-refractivity contribution < 1.29 is 0 Å². The van der Waals surface area contributed by atoms with Crippen LogP contribution in [0.5, 0.6) is 0 Å². The summed E-state index contributed by atoms with van der Waals surface area (Å²) in [5.74, 6) is 1.50. The maximum absolute atomic E-state index is 4.78. The minimum absolute atomic E-state index is 0.653. The minimum Gasteiger partial charge on any atom is -0.236 e. The summed E-state index contributed by atoms with van der Waals surface area (Å²) in [5.41, 5.74) is 3.56. The Labute approximate surface area is 126 Å². The molecule has 1 heterocycles. The van der Waals surface area contributed by atoms with E-state index in [0.29, 0.717) is 5.92 Å². The Morgan fingerprint density at radius 3 is 2.58 bits per heavy atom. The van der Waals surface area contributed by atoms with E-state index in [1.54, 1.807) is 11.8 Å². The van der Waals surface area contributed by atoms with Crippen LogP contribution in [0.4, 0.5) is 0 Å². The Bertz CT molecular complexity index is 579. The van der Waals surface area contributed by atoms with Crippen molar-refractivity contribution in [1.29, 1.82) is 0 Å². The molecule has 2 nitrogen and oxygen atoms in total. The lowest BCUT2D eigenvalue weighted by Crippen LogP contribution is -1.99. The number of hydrogen-bond acceptors (Lipinski definition) is 3. The monoisotopic (exact) mass is 334 g/mol. The number of hydrogen-bond donors (Lipinski definition) is 0. The van der Waals surface area contributed by atoms with Crippen molar-refractivity contribution in [3.63, 3.8) is 0 Å². The molecule has 0 bridgehead atoms. The molecule has 1 aromatic carbocycles. The first-order chi connectivity index (χ1) is 9.31. The van der Waals surface area contributed by atoms with Crippen molar-refractivity contribution >= 4 is 27.7 Å². The molecule has 0 radical (unpaired) electrons. The Kier molecular flexibility index (Phi) is 3.89. The van der Waals surface area contributed by atoms with Crippen molar-refractivity contribution in [3.05, 3.63) is 41.7 Å². The lowest BCUT2D eigenvalue weighted by Gasteiger charge is -2.08. The van der Waals surface area contributed by atoms with Crippen LogP contribution < -0.4 is 0 Å². The van der Waals surface area contributed by atoms with Crippen molar-refractivity contribution in [2.24, 2.45) is 0 Å². The van der Waals surface area contributed by atoms with Crippen LogP contribution in [0.25, 0.3) is 11.4 Å². The predicted molar refractivity (Wildman–Crippen MR) is 83.9 cm³/mol. The third kappa shape index (κ3) is 2.84. The molecule has 1 fully saturated rings. The summed E-state index contributed by atoms with van der Waals surface area (Å²) >= 11 is 5.27. The summed E-state index contributed by atoms with van der Waals surface area (Å²) in [7, 11) is 0. The van der Waals surface area contributed by atoms with Crippen LogP contribution in [0.3, 0.4) is 0 Å². The summed E-state index contributed by atoms with van der Waals surface area (Å²) in [6.07, 6.45) is 6.58. The number of rotatable bonds is 4. The lowest BCUT2D eigenvalue weighted by atomic mass is 10.1. The minimum atomic E-state index is 0.653. The molecule has 19 heavy (non-hydrogen) atoms. The highest BCUT2D eigenvalue weighted by Crippen LogP contribution is 2.41. The maximum Gasteiger partial charge on any atom is 0.159 e. The van der Waals surface area contributed by atoms with Gasteiger partial charge in [0.25, 0.3) is 0 Å². The molecule has 0 spiro atoms. The van der Waals surface area contributed by atoms with Crippen LogP contribution in [-0.4, -0.2) is 16.2 Å². The van der Waals surface area contributed by atoms with E-state index in [0.717, 1.165) is 16.7 Å². The average molecular weight is 335 g/mol. The number of aromatic nitrogens is 2. The normalized spacial score (nSPS) is 14.6.